The third-order valence-corrected chi connectivity index (χ3v) is 2.54. The number of benzene rings is 1. The molecule has 2 N–H and O–H groups in total. The highest BCUT2D eigenvalue weighted by atomic mass is 19.3. The van der Waals surface area contributed by atoms with Gasteiger partial charge < -0.3 is 10.2 Å². The molecule has 2 atom stereocenters. The Hall–Kier alpha value is -1.49. The van der Waals surface area contributed by atoms with Crippen molar-refractivity contribution in [1.82, 2.24) is 0 Å². The van der Waals surface area contributed by atoms with Gasteiger partial charge in [0.1, 0.15) is 0 Å². The Kier molecular flexibility index (Phi) is 4.57. The maximum Gasteiger partial charge on any atom is 0.303 e. The van der Waals surface area contributed by atoms with Crippen LogP contribution in [0.1, 0.15) is 37.0 Å². The van der Waals surface area contributed by atoms with Crippen molar-refractivity contribution in [1.29, 1.82) is 0 Å². The second-order valence-electron chi connectivity index (χ2n) is 3.99. The lowest BCUT2D eigenvalue weighted by molar-refractivity contribution is -0.139. The first-order valence-corrected chi connectivity index (χ1v) is 5.19. The second-order valence-corrected chi connectivity index (χ2v) is 3.99. The molecule has 0 aliphatic carbocycles. The third kappa shape index (κ3) is 3.78. The van der Waals surface area contributed by atoms with Crippen LogP contribution in [0.2, 0.25) is 0 Å². The lowest BCUT2D eigenvalue weighted by Gasteiger charge is -2.18. The fourth-order valence-corrected chi connectivity index (χ4v) is 1.59. The summed E-state index contributed by atoms with van der Waals surface area (Å²) in [5.74, 6) is -1.55. The van der Waals surface area contributed by atoms with Crippen molar-refractivity contribution in [3.63, 3.8) is 0 Å². The van der Waals surface area contributed by atoms with E-state index in [1.54, 1.807) is 6.92 Å². The molecule has 17 heavy (non-hydrogen) atoms. The predicted octanol–water partition coefficient (Wildman–Crippen LogP) is 2.77. The Bertz CT molecular complexity index is 393. The third-order valence-electron chi connectivity index (χ3n) is 2.54. The minimum absolute atomic E-state index is 0.177. The molecule has 0 amide bonds. The van der Waals surface area contributed by atoms with E-state index >= 15 is 0 Å². The second kappa shape index (κ2) is 5.72. The maximum atomic E-state index is 12.4. The van der Waals surface area contributed by atoms with E-state index in [0.717, 1.165) is 0 Å². The molecule has 1 aromatic carbocycles. The fourth-order valence-electron chi connectivity index (χ4n) is 1.59. The summed E-state index contributed by atoms with van der Waals surface area (Å²) in [6.07, 6.45) is -3.86. The summed E-state index contributed by atoms with van der Waals surface area (Å²) in [6.45, 7) is 1.56. The lowest BCUT2D eigenvalue weighted by Crippen LogP contribution is -2.13. The number of aliphatic hydroxyl groups excluding tert-OH is 1. The number of halogens is 2. The van der Waals surface area contributed by atoms with Gasteiger partial charge in [-0.05, 0) is 17.5 Å². The van der Waals surface area contributed by atoms with Crippen LogP contribution in [0.15, 0.2) is 24.3 Å². The van der Waals surface area contributed by atoms with Crippen LogP contribution < -0.4 is 0 Å². The van der Waals surface area contributed by atoms with Gasteiger partial charge in [0.25, 0.3) is 6.43 Å². The summed E-state index contributed by atoms with van der Waals surface area (Å²) in [6, 6.07) is 5.40. The molecule has 0 aromatic heterocycles. The molecule has 0 saturated carbocycles. The molecule has 0 aliphatic heterocycles. The van der Waals surface area contributed by atoms with Crippen molar-refractivity contribution in [2.24, 2.45) is 5.92 Å². The summed E-state index contributed by atoms with van der Waals surface area (Å²) >= 11 is 0. The van der Waals surface area contributed by atoms with Crippen molar-refractivity contribution in [3.05, 3.63) is 35.4 Å². The first-order valence-electron chi connectivity index (χ1n) is 5.19. The summed E-state index contributed by atoms with van der Waals surface area (Å²) in [7, 11) is 0. The van der Waals surface area contributed by atoms with Gasteiger partial charge in [-0.2, -0.15) is 0 Å². The van der Waals surface area contributed by atoms with Crippen molar-refractivity contribution in [2.75, 3.05) is 0 Å². The molecule has 0 radical (unpaired) electrons. The normalized spacial score (nSPS) is 14.6. The van der Waals surface area contributed by atoms with E-state index in [9.17, 15) is 18.7 Å². The van der Waals surface area contributed by atoms with Crippen molar-refractivity contribution < 1.29 is 23.8 Å². The highest BCUT2D eigenvalue weighted by Crippen LogP contribution is 2.27. The van der Waals surface area contributed by atoms with E-state index < -0.39 is 24.4 Å². The first kappa shape index (κ1) is 13.6. The number of hydrogen-bond acceptors (Lipinski definition) is 2. The van der Waals surface area contributed by atoms with Crippen molar-refractivity contribution >= 4 is 5.97 Å². The number of carboxylic acids is 1. The van der Waals surface area contributed by atoms with Crippen LogP contribution in [-0.2, 0) is 4.79 Å². The Morgan fingerprint density at radius 3 is 2.47 bits per heavy atom. The molecule has 1 rings (SSSR count). The number of aliphatic hydroxyl groups is 1. The number of alkyl halides is 2. The smallest absolute Gasteiger partial charge is 0.303 e. The molecule has 0 heterocycles. The Labute approximate surface area is 97.7 Å². The maximum absolute atomic E-state index is 12.4. The average Bonchev–Trinajstić information content (AvgIpc) is 2.27. The summed E-state index contributed by atoms with van der Waals surface area (Å²) < 4.78 is 24.9. The van der Waals surface area contributed by atoms with E-state index in [4.69, 9.17) is 5.11 Å². The molecular weight excluding hydrogens is 230 g/mol. The molecular formula is C12H14F2O3. The largest absolute Gasteiger partial charge is 0.481 e. The SMILES string of the molecule is CC(CC(=O)O)C(O)c1cccc(C(F)F)c1. The minimum Gasteiger partial charge on any atom is -0.481 e. The number of hydrogen-bond donors (Lipinski definition) is 2. The van der Waals surface area contributed by atoms with Crippen LogP contribution in [0.25, 0.3) is 0 Å². The van der Waals surface area contributed by atoms with Gasteiger partial charge in [-0.1, -0.05) is 25.1 Å². The van der Waals surface area contributed by atoms with Gasteiger partial charge in [-0.15, -0.1) is 0 Å². The van der Waals surface area contributed by atoms with E-state index in [0.29, 0.717) is 5.56 Å². The Morgan fingerprint density at radius 1 is 1.35 bits per heavy atom. The van der Waals surface area contributed by atoms with Crippen LogP contribution in [0.4, 0.5) is 8.78 Å². The number of aliphatic carboxylic acids is 1. The van der Waals surface area contributed by atoms with E-state index in [1.807, 2.05) is 0 Å². The molecule has 0 spiro atoms. The zero-order valence-corrected chi connectivity index (χ0v) is 9.31. The molecule has 0 bridgehead atoms. The van der Waals surface area contributed by atoms with Gasteiger partial charge in [0, 0.05) is 5.56 Å². The number of rotatable bonds is 5. The van der Waals surface area contributed by atoms with E-state index in [2.05, 4.69) is 0 Å². The summed E-state index contributed by atoms with van der Waals surface area (Å²) in [5.41, 5.74) is 0.139. The quantitative estimate of drug-likeness (QED) is 0.837. The number of carboxylic acid groups (broad SMARTS) is 1. The highest BCUT2D eigenvalue weighted by Gasteiger charge is 2.20. The van der Waals surface area contributed by atoms with E-state index in [-0.39, 0.29) is 12.0 Å². The zero-order chi connectivity index (χ0) is 13.0. The van der Waals surface area contributed by atoms with Gasteiger partial charge in [-0.3, -0.25) is 4.79 Å². The van der Waals surface area contributed by atoms with Crippen LogP contribution in [0.3, 0.4) is 0 Å². The fraction of sp³-hybridized carbons (Fsp3) is 0.417. The molecule has 3 nitrogen and oxygen atoms in total. The highest BCUT2D eigenvalue weighted by molar-refractivity contribution is 5.67. The number of carbonyl (C=O) groups is 1. The van der Waals surface area contributed by atoms with Crippen LogP contribution in [0.5, 0.6) is 0 Å². The van der Waals surface area contributed by atoms with E-state index in [1.165, 1.54) is 24.3 Å². The topological polar surface area (TPSA) is 57.5 Å². The first-order chi connectivity index (χ1) is 7.91. The Balaban J connectivity index is 2.84. The van der Waals surface area contributed by atoms with Gasteiger partial charge in [0.05, 0.1) is 12.5 Å². The predicted molar refractivity (Wildman–Crippen MR) is 57.8 cm³/mol. The van der Waals surface area contributed by atoms with Gasteiger partial charge in [0.15, 0.2) is 0 Å². The Morgan fingerprint density at radius 2 is 1.94 bits per heavy atom. The van der Waals surface area contributed by atoms with Crippen LogP contribution in [0, 0.1) is 5.92 Å². The van der Waals surface area contributed by atoms with Crippen LogP contribution >= 0.6 is 0 Å². The molecule has 0 fully saturated rings. The summed E-state index contributed by atoms with van der Waals surface area (Å²) in [4.78, 5) is 10.5. The summed E-state index contributed by atoms with van der Waals surface area (Å²) in [5, 5.41) is 18.4. The zero-order valence-electron chi connectivity index (χ0n) is 9.31. The average molecular weight is 244 g/mol. The van der Waals surface area contributed by atoms with Crippen molar-refractivity contribution in [2.45, 2.75) is 25.9 Å². The van der Waals surface area contributed by atoms with Gasteiger partial charge in [-0.25, -0.2) is 8.78 Å². The monoisotopic (exact) mass is 244 g/mol. The molecule has 94 valence electrons. The molecule has 0 saturated heterocycles. The minimum atomic E-state index is -2.60. The van der Waals surface area contributed by atoms with Gasteiger partial charge in [0.2, 0.25) is 0 Å². The molecule has 1 aromatic rings. The molecule has 5 heteroatoms. The lowest BCUT2D eigenvalue weighted by atomic mass is 9.94. The van der Waals surface area contributed by atoms with Crippen molar-refractivity contribution in [3.8, 4) is 0 Å². The van der Waals surface area contributed by atoms with Crippen LogP contribution in [-0.4, -0.2) is 16.2 Å². The molecule has 0 aliphatic rings. The molecule has 2 unspecified atom stereocenters. The standard InChI is InChI=1S/C12H14F2O3/c1-7(5-10(15)16)11(17)8-3-2-4-9(6-8)12(13)14/h2-4,6-7,11-12,17H,5H2,1H3,(H,15,16). The van der Waals surface area contributed by atoms with Gasteiger partial charge >= 0.3 is 5.97 Å².